The van der Waals surface area contributed by atoms with Crippen LogP contribution in [-0.2, 0) is 6.54 Å². The summed E-state index contributed by atoms with van der Waals surface area (Å²) in [7, 11) is 0. The van der Waals surface area contributed by atoms with Crippen LogP contribution in [0.1, 0.15) is 23.4 Å². The number of hydrogen-bond acceptors (Lipinski definition) is 2. The van der Waals surface area contributed by atoms with Crippen molar-refractivity contribution in [3.05, 3.63) is 69.3 Å². The Bertz CT molecular complexity index is 735. The number of halogens is 2. The van der Waals surface area contributed by atoms with Gasteiger partial charge in [-0.05, 0) is 42.6 Å². The van der Waals surface area contributed by atoms with Crippen LogP contribution < -0.4 is 5.32 Å². The van der Waals surface area contributed by atoms with Crippen LogP contribution in [0.2, 0.25) is 0 Å². The van der Waals surface area contributed by atoms with Crippen LogP contribution in [0.4, 0.5) is 4.39 Å². The largest absolute Gasteiger partial charge is 0.305 e. The second-order valence-electron chi connectivity index (χ2n) is 5.02. The summed E-state index contributed by atoms with van der Waals surface area (Å²) in [5.41, 5.74) is 0.678. The zero-order chi connectivity index (χ0) is 14.8. The number of fused-ring (bicyclic) bond motifs is 1. The maximum Gasteiger partial charge on any atom is 0.127 e. The third kappa shape index (κ3) is 3.34. The van der Waals surface area contributed by atoms with Crippen molar-refractivity contribution in [2.24, 2.45) is 0 Å². The number of nitrogens with one attached hydrogen (secondary N) is 1. The molecular formula is C17H15BrFNS. The molecule has 0 aliphatic heterocycles. The zero-order valence-corrected chi connectivity index (χ0v) is 14.0. The molecule has 0 amide bonds. The van der Waals surface area contributed by atoms with Crippen LogP contribution in [0.3, 0.4) is 0 Å². The fraction of sp³-hybridized carbons (Fsp3) is 0.176. The molecule has 0 bridgehead atoms. The summed E-state index contributed by atoms with van der Waals surface area (Å²) in [5.74, 6) is -0.172. The molecule has 1 N–H and O–H groups in total. The maximum absolute atomic E-state index is 13.7. The number of rotatable bonds is 4. The first-order valence-electron chi connectivity index (χ1n) is 6.79. The molecule has 0 spiro atoms. The van der Waals surface area contributed by atoms with Crippen molar-refractivity contribution < 1.29 is 4.39 Å². The van der Waals surface area contributed by atoms with Crippen LogP contribution in [0, 0.1) is 5.82 Å². The average Bonchev–Trinajstić information content (AvgIpc) is 2.92. The number of hydrogen-bond donors (Lipinski definition) is 1. The molecule has 21 heavy (non-hydrogen) atoms. The van der Waals surface area contributed by atoms with E-state index in [9.17, 15) is 4.39 Å². The van der Waals surface area contributed by atoms with E-state index in [0.29, 0.717) is 12.1 Å². The second kappa shape index (κ2) is 6.26. The molecule has 1 atom stereocenters. The molecular weight excluding hydrogens is 349 g/mol. The minimum Gasteiger partial charge on any atom is -0.305 e. The van der Waals surface area contributed by atoms with Crippen molar-refractivity contribution in [2.75, 3.05) is 0 Å². The van der Waals surface area contributed by atoms with Gasteiger partial charge in [0.1, 0.15) is 5.82 Å². The summed E-state index contributed by atoms with van der Waals surface area (Å²) in [5, 5.41) is 4.66. The average molecular weight is 364 g/mol. The summed E-state index contributed by atoms with van der Waals surface area (Å²) in [6, 6.07) is 15.8. The molecule has 0 aliphatic carbocycles. The molecule has 1 unspecified atom stereocenters. The molecule has 1 heterocycles. The molecule has 4 heteroatoms. The summed E-state index contributed by atoms with van der Waals surface area (Å²) < 4.78 is 15.9. The Morgan fingerprint density at radius 1 is 1.19 bits per heavy atom. The van der Waals surface area contributed by atoms with Gasteiger partial charge >= 0.3 is 0 Å². The van der Waals surface area contributed by atoms with Gasteiger partial charge in [-0.2, -0.15) is 0 Å². The Morgan fingerprint density at radius 2 is 2.00 bits per heavy atom. The minimum atomic E-state index is -0.172. The van der Waals surface area contributed by atoms with E-state index in [1.165, 1.54) is 21.0 Å². The van der Waals surface area contributed by atoms with Gasteiger partial charge < -0.3 is 5.32 Å². The van der Waals surface area contributed by atoms with Crippen molar-refractivity contribution >= 4 is 37.4 Å². The van der Waals surface area contributed by atoms with Gasteiger partial charge in [-0.3, -0.25) is 0 Å². The van der Waals surface area contributed by atoms with Crippen LogP contribution in [0.5, 0.6) is 0 Å². The lowest BCUT2D eigenvalue weighted by Crippen LogP contribution is -2.17. The summed E-state index contributed by atoms with van der Waals surface area (Å²) >= 11 is 5.16. The van der Waals surface area contributed by atoms with E-state index in [1.54, 1.807) is 17.4 Å². The lowest BCUT2D eigenvalue weighted by Gasteiger charge is -2.12. The molecule has 1 aromatic heterocycles. The zero-order valence-electron chi connectivity index (χ0n) is 11.6. The highest BCUT2D eigenvalue weighted by Gasteiger charge is 2.10. The van der Waals surface area contributed by atoms with E-state index >= 15 is 0 Å². The van der Waals surface area contributed by atoms with E-state index in [-0.39, 0.29) is 11.9 Å². The highest BCUT2D eigenvalue weighted by molar-refractivity contribution is 9.10. The van der Waals surface area contributed by atoms with Crippen molar-refractivity contribution in [2.45, 2.75) is 19.5 Å². The smallest absolute Gasteiger partial charge is 0.127 e. The van der Waals surface area contributed by atoms with Gasteiger partial charge in [0, 0.05) is 32.2 Å². The summed E-state index contributed by atoms with van der Waals surface area (Å²) in [4.78, 5) is 1.27. The fourth-order valence-electron chi connectivity index (χ4n) is 2.26. The predicted molar refractivity (Wildman–Crippen MR) is 91.2 cm³/mol. The van der Waals surface area contributed by atoms with E-state index in [0.717, 1.165) is 4.47 Å². The molecule has 0 saturated carbocycles. The normalized spacial score (nSPS) is 12.7. The molecule has 1 nitrogen and oxygen atoms in total. The molecule has 0 aliphatic rings. The molecule has 108 valence electrons. The van der Waals surface area contributed by atoms with Gasteiger partial charge in [-0.25, -0.2) is 4.39 Å². The Balaban J connectivity index is 1.74. The highest BCUT2D eigenvalue weighted by atomic mass is 79.9. The third-order valence-electron chi connectivity index (χ3n) is 3.48. The maximum atomic E-state index is 13.7. The third-order valence-corrected chi connectivity index (χ3v) is 5.27. The number of thiophene rings is 1. The lowest BCUT2D eigenvalue weighted by atomic mass is 10.2. The number of benzene rings is 2. The Kier molecular flexibility index (Phi) is 4.38. The van der Waals surface area contributed by atoms with E-state index in [1.807, 2.05) is 12.1 Å². The van der Waals surface area contributed by atoms with Gasteiger partial charge in [0.05, 0.1) is 0 Å². The quantitative estimate of drug-likeness (QED) is 0.630. The highest BCUT2D eigenvalue weighted by Crippen LogP contribution is 2.29. The van der Waals surface area contributed by atoms with Crippen molar-refractivity contribution in [3.8, 4) is 0 Å². The molecule has 3 rings (SSSR count). The van der Waals surface area contributed by atoms with Gasteiger partial charge in [-0.15, -0.1) is 11.3 Å². The van der Waals surface area contributed by atoms with Crippen molar-refractivity contribution in [3.63, 3.8) is 0 Å². The van der Waals surface area contributed by atoms with Crippen LogP contribution in [-0.4, -0.2) is 0 Å². The molecule has 3 aromatic rings. The second-order valence-corrected chi connectivity index (χ2v) is 7.06. The first kappa shape index (κ1) is 14.7. The van der Waals surface area contributed by atoms with Gasteiger partial charge in [-0.1, -0.05) is 34.1 Å². The Hall–Kier alpha value is -1.23. The van der Waals surface area contributed by atoms with Gasteiger partial charge in [0.2, 0.25) is 0 Å². The van der Waals surface area contributed by atoms with Crippen molar-refractivity contribution in [1.82, 2.24) is 5.32 Å². The minimum absolute atomic E-state index is 0.172. The first-order valence-corrected chi connectivity index (χ1v) is 8.40. The monoisotopic (exact) mass is 363 g/mol. The summed E-state index contributed by atoms with van der Waals surface area (Å²) in [6.07, 6.45) is 0. The predicted octanol–water partition coefficient (Wildman–Crippen LogP) is 5.65. The van der Waals surface area contributed by atoms with Crippen LogP contribution in [0.15, 0.2) is 53.0 Å². The van der Waals surface area contributed by atoms with Crippen LogP contribution >= 0.6 is 27.3 Å². The molecule has 0 fully saturated rings. The van der Waals surface area contributed by atoms with Gasteiger partial charge in [0.15, 0.2) is 0 Å². The SMILES string of the molecule is CC(NCc1cc(Br)ccc1F)c1cc2ccccc2s1. The van der Waals surface area contributed by atoms with Crippen LogP contribution in [0.25, 0.3) is 10.1 Å². The topological polar surface area (TPSA) is 12.0 Å². The fourth-order valence-corrected chi connectivity index (χ4v) is 3.76. The summed E-state index contributed by atoms with van der Waals surface area (Å²) in [6.45, 7) is 2.63. The molecule has 0 radical (unpaired) electrons. The van der Waals surface area contributed by atoms with E-state index in [4.69, 9.17) is 0 Å². The standard InChI is InChI=1S/C17H15BrFNS/c1-11(17-9-12-4-2-3-5-16(12)21-17)20-10-13-8-14(18)6-7-15(13)19/h2-9,11,20H,10H2,1H3. The van der Waals surface area contributed by atoms with Crippen molar-refractivity contribution in [1.29, 1.82) is 0 Å². The lowest BCUT2D eigenvalue weighted by molar-refractivity contribution is 0.549. The Morgan fingerprint density at radius 3 is 2.81 bits per heavy atom. The van der Waals surface area contributed by atoms with E-state index in [2.05, 4.69) is 52.4 Å². The molecule has 2 aromatic carbocycles. The van der Waals surface area contributed by atoms with Gasteiger partial charge in [0.25, 0.3) is 0 Å². The Labute approximate surface area is 135 Å². The first-order chi connectivity index (χ1) is 10.1. The molecule has 0 saturated heterocycles. The van der Waals surface area contributed by atoms with E-state index < -0.39 is 0 Å².